The normalized spacial score (nSPS) is 12.1. The van der Waals surface area contributed by atoms with Gasteiger partial charge in [-0.15, -0.1) is 24.8 Å². The van der Waals surface area contributed by atoms with E-state index >= 15 is 0 Å². The van der Waals surface area contributed by atoms with Crippen LogP contribution in [-0.4, -0.2) is 11.5 Å². The summed E-state index contributed by atoms with van der Waals surface area (Å²) >= 11 is 0. The van der Waals surface area contributed by atoms with Gasteiger partial charge in [-0.1, -0.05) is 0 Å². The maximum absolute atomic E-state index is 12.4. The monoisotopic (exact) mass is 210 g/mol. The van der Waals surface area contributed by atoms with Crippen LogP contribution in [0.3, 0.4) is 0 Å². The number of hydrogen-bond acceptors (Lipinski definition) is 2. The van der Waals surface area contributed by atoms with Gasteiger partial charge in [0.25, 0.3) is 0 Å². The van der Waals surface area contributed by atoms with E-state index in [9.17, 15) is 4.39 Å². The van der Waals surface area contributed by atoms with Gasteiger partial charge in [0, 0.05) is 13.0 Å². The Bertz CT molecular complexity index is 268. The molecule has 0 spiro atoms. The third-order valence-corrected chi connectivity index (χ3v) is 1.62. The Balaban J connectivity index is 0.000000605. The van der Waals surface area contributed by atoms with Crippen LogP contribution in [0, 0.1) is 5.95 Å². The summed E-state index contributed by atoms with van der Waals surface area (Å²) in [6, 6.07) is 3.10. The number of fused-ring (bicyclic) bond motifs is 1. The zero-order valence-corrected chi connectivity index (χ0v) is 7.84. The molecule has 68 valence electrons. The number of halogens is 3. The van der Waals surface area contributed by atoms with E-state index in [4.69, 9.17) is 0 Å². The molecule has 0 radical (unpaired) electrons. The van der Waals surface area contributed by atoms with Gasteiger partial charge in [-0.25, -0.2) is 4.98 Å². The fourth-order valence-electron chi connectivity index (χ4n) is 1.14. The number of nitrogens with zero attached hydrogens (tertiary/aromatic N) is 1. The predicted octanol–water partition coefficient (Wildman–Crippen LogP) is 2.03. The van der Waals surface area contributed by atoms with Crippen LogP contribution in [0.2, 0.25) is 0 Å². The summed E-state index contributed by atoms with van der Waals surface area (Å²) in [6.45, 7) is 0.881. The molecule has 0 saturated heterocycles. The Morgan fingerprint density at radius 3 is 2.83 bits per heavy atom. The van der Waals surface area contributed by atoms with E-state index in [1.165, 1.54) is 6.07 Å². The van der Waals surface area contributed by atoms with Crippen LogP contribution >= 0.6 is 24.8 Å². The quantitative estimate of drug-likeness (QED) is 0.664. The second kappa shape index (κ2) is 4.48. The average molecular weight is 211 g/mol. The smallest absolute Gasteiger partial charge is 0.213 e. The first kappa shape index (κ1) is 11.5. The molecule has 0 bridgehead atoms. The summed E-state index contributed by atoms with van der Waals surface area (Å²) in [5.74, 6) is -0.387. The van der Waals surface area contributed by atoms with Crippen molar-refractivity contribution in [3.63, 3.8) is 0 Å². The number of aromatic nitrogens is 1. The van der Waals surface area contributed by atoms with E-state index in [2.05, 4.69) is 10.3 Å². The SMILES string of the molecule is Cl.Cl.Fc1ccc2c(n1)CCN2. The highest BCUT2D eigenvalue weighted by Crippen LogP contribution is 2.18. The van der Waals surface area contributed by atoms with Crippen LogP contribution in [0.25, 0.3) is 0 Å². The number of anilines is 1. The second-order valence-electron chi connectivity index (χ2n) is 2.31. The largest absolute Gasteiger partial charge is 0.383 e. The van der Waals surface area contributed by atoms with Gasteiger partial charge in [-0.2, -0.15) is 4.39 Å². The number of hydrogen-bond donors (Lipinski definition) is 1. The highest BCUT2D eigenvalue weighted by atomic mass is 35.5. The topological polar surface area (TPSA) is 24.9 Å². The maximum atomic E-state index is 12.4. The number of rotatable bonds is 0. The first-order chi connectivity index (χ1) is 4.86. The molecule has 1 aliphatic rings. The molecule has 12 heavy (non-hydrogen) atoms. The van der Waals surface area contributed by atoms with Crippen molar-refractivity contribution in [2.75, 3.05) is 11.9 Å². The van der Waals surface area contributed by atoms with Crippen molar-refractivity contribution < 1.29 is 4.39 Å². The van der Waals surface area contributed by atoms with Gasteiger partial charge >= 0.3 is 0 Å². The van der Waals surface area contributed by atoms with E-state index in [1.54, 1.807) is 6.07 Å². The molecule has 0 amide bonds. The average Bonchev–Trinajstić information content (AvgIpc) is 2.33. The van der Waals surface area contributed by atoms with Gasteiger partial charge < -0.3 is 5.32 Å². The molecule has 0 atom stereocenters. The highest BCUT2D eigenvalue weighted by molar-refractivity contribution is 5.85. The molecule has 1 N–H and O–H groups in total. The van der Waals surface area contributed by atoms with Crippen LogP contribution in [0.5, 0.6) is 0 Å². The third kappa shape index (κ3) is 1.99. The van der Waals surface area contributed by atoms with Gasteiger partial charge in [-0.3, -0.25) is 0 Å². The Kier molecular flexibility index (Phi) is 4.28. The fraction of sp³-hybridized carbons (Fsp3) is 0.286. The molecule has 5 heteroatoms. The Hall–Kier alpha value is -0.540. The molecular formula is C7H9Cl2FN2. The number of pyridine rings is 1. The van der Waals surface area contributed by atoms with E-state index in [-0.39, 0.29) is 30.8 Å². The van der Waals surface area contributed by atoms with Crippen LogP contribution in [0.4, 0.5) is 10.1 Å². The molecule has 0 saturated carbocycles. The van der Waals surface area contributed by atoms with Crippen molar-refractivity contribution >= 4 is 30.5 Å². The van der Waals surface area contributed by atoms with Gasteiger partial charge in [-0.05, 0) is 12.1 Å². The molecule has 0 aromatic carbocycles. The van der Waals surface area contributed by atoms with E-state index < -0.39 is 0 Å². The molecule has 1 aromatic rings. The van der Waals surface area contributed by atoms with Gasteiger partial charge in [0.05, 0.1) is 11.4 Å². The van der Waals surface area contributed by atoms with Crippen LogP contribution in [0.15, 0.2) is 12.1 Å². The lowest BCUT2D eigenvalue weighted by Gasteiger charge is -1.95. The summed E-state index contributed by atoms with van der Waals surface area (Å²) in [5, 5.41) is 3.10. The fourth-order valence-corrected chi connectivity index (χ4v) is 1.14. The van der Waals surface area contributed by atoms with Crippen molar-refractivity contribution in [3.8, 4) is 0 Å². The molecule has 2 heterocycles. The van der Waals surface area contributed by atoms with Crippen molar-refractivity contribution in [1.82, 2.24) is 4.98 Å². The lowest BCUT2D eigenvalue weighted by atomic mass is 10.3. The minimum absolute atomic E-state index is 0. The van der Waals surface area contributed by atoms with Crippen LogP contribution < -0.4 is 5.32 Å². The van der Waals surface area contributed by atoms with Crippen LogP contribution in [0.1, 0.15) is 5.69 Å². The third-order valence-electron chi connectivity index (χ3n) is 1.62. The summed E-state index contributed by atoms with van der Waals surface area (Å²) in [6.07, 6.45) is 0.840. The summed E-state index contributed by atoms with van der Waals surface area (Å²) < 4.78 is 12.4. The lowest BCUT2D eigenvalue weighted by molar-refractivity contribution is 0.579. The van der Waals surface area contributed by atoms with Gasteiger partial charge in [0.15, 0.2) is 0 Å². The second-order valence-corrected chi connectivity index (χ2v) is 2.31. The standard InChI is InChI=1S/C7H7FN2.2ClH/c8-7-2-1-5-6(10-7)3-4-9-5;;/h1-2,9H,3-4H2;2*1H. The van der Waals surface area contributed by atoms with E-state index in [0.717, 1.165) is 24.3 Å². The van der Waals surface area contributed by atoms with Gasteiger partial charge in [0.2, 0.25) is 5.95 Å². The molecule has 1 aliphatic heterocycles. The zero-order valence-electron chi connectivity index (χ0n) is 6.21. The Labute approximate surface area is 82.4 Å². The first-order valence-corrected chi connectivity index (χ1v) is 3.25. The molecule has 0 aliphatic carbocycles. The van der Waals surface area contributed by atoms with Crippen molar-refractivity contribution in [2.45, 2.75) is 6.42 Å². The molecule has 0 fully saturated rings. The lowest BCUT2D eigenvalue weighted by Crippen LogP contribution is -1.90. The van der Waals surface area contributed by atoms with Crippen LogP contribution in [-0.2, 0) is 6.42 Å². The highest BCUT2D eigenvalue weighted by Gasteiger charge is 2.10. The Morgan fingerprint density at radius 1 is 1.33 bits per heavy atom. The molecule has 2 nitrogen and oxygen atoms in total. The maximum Gasteiger partial charge on any atom is 0.213 e. The van der Waals surface area contributed by atoms with Crippen molar-refractivity contribution in [1.29, 1.82) is 0 Å². The molecule has 2 rings (SSSR count). The minimum atomic E-state index is -0.387. The van der Waals surface area contributed by atoms with E-state index in [1.807, 2.05) is 0 Å². The van der Waals surface area contributed by atoms with E-state index in [0.29, 0.717) is 0 Å². The Morgan fingerprint density at radius 2 is 2.08 bits per heavy atom. The first-order valence-electron chi connectivity index (χ1n) is 3.25. The van der Waals surface area contributed by atoms with Gasteiger partial charge in [0.1, 0.15) is 0 Å². The zero-order chi connectivity index (χ0) is 6.97. The predicted molar refractivity (Wildman–Crippen MR) is 50.9 cm³/mol. The van der Waals surface area contributed by atoms with Crippen molar-refractivity contribution in [3.05, 3.63) is 23.8 Å². The summed E-state index contributed by atoms with van der Waals surface area (Å²) in [4.78, 5) is 3.72. The van der Waals surface area contributed by atoms with Crippen molar-refractivity contribution in [2.24, 2.45) is 0 Å². The molecular weight excluding hydrogens is 202 g/mol. The molecule has 0 unspecified atom stereocenters. The summed E-state index contributed by atoms with van der Waals surface area (Å²) in [7, 11) is 0. The summed E-state index contributed by atoms with van der Waals surface area (Å²) in [5.41, 5.74) is 1.82. The minimum Gasteiger partial charge on any atom is -0.383 e. The number of nitrogens with one attached hydrogen (secondary N) is 1. The molecule has 1 aromatic heterocycles.